The zero-order valence-electron chi connectivity index (χ0n) is 15.7. The van der Waals surface area contributed by atoms with E-state index in [2.05, 4.69) is 4.98 Å². The molecule has 1 saturated heterocycles. The van der Waals surface area contributed by atoms with Crippen LogP contribution in [0.1, 0.15) is 37.0 Å². The van der Waals surface area contributed by atoms with Crippen LogP contribution in [0.2, 0.25) is 0 Å². The highest BCUT2D eigenvalue weighted by Crippen LogP contribution is 2.43. The third-order valence-corrected chi connectivity index (χ3v) is 7.64. The van der Waals surface area contributed by atoms with Crippen LogP contribution < -0.4 is 4.74 Å². The number of halogens is 4. The molecular weight excluding hydrogens is 414 g/mol. The number of ether oxygens (including phenoxy) is 2. The standard InChI is InChI=1S/C19H19F4NO4S/c1-18(29(25,26)13-5-3-4-12(8-13)19(21,22)23)6-7-28-16(10-18)14-11-24-17(27-2)9-15(14)20/h3-5,8-9,11,16H,6-7,10H2,1-2H3. The van der Waals surface area contributed by atoms with Crippen molar-refractivity contribution < 1.29 is 35.5 Å². The van der Waals surface area contributed by atoms with Crippen molar-refractivity contribution in [3.63, 3.8) is 0 Å². The van der Waals surface area contributed by atoms with Gasteiger partial charge in [0.25, 0.3) is 0 Å². The van der Waals surface area contributed by atoms with E-state index in [0.29, 0.717) is 6.07 Å². The normalized spacial score (nSPS) is 23.0. The predicted molar refractivity (Wildman–Crippen MR) is 95.7 cm³/mol. The third-order valence-electron chi connectivity index (χ3n) is 5.10. The van der Waals surface area contributed by atoms with Crippen LogP contribution in [0, 0.1) is 5.82 Å². The van der Waals surface area contributed by atoms with Gasteiger partial charge in [0, 0.05) is 24.4 Å². The van der Waals surface area contributed by atoms with Crippen molar-refractivity contribution in [3.8, 4) is 5.88 Å². The van der Waals surface area contributed by atoms with Gasteiger partial charge in [0.15, 0.2) is 9.84 Å². The lowest BCUT2D eigenvalue weighted by molar-refractivity contribution is -0.137. The van der Waals surface area contributed by atoms with E-state index in [-0.39, 0.29) is 30.9 Å². The number of nitrogens with zero attached hydrogens (tertiary/aromatic N) is 1. The molecule has 29 heavy (non-hydrogen) atoms. The number of methoxy groups -OCH3 is 1. The summed E-state index contributed by atoms with van der Waals surface area (Å²) in [6.45, 7) is 1.44. The first-order valence-corrected chi connectivity index (χ1v) is 10.2. The summed E-state index contributed by atoms with van der Waals surface area (Å²) in [6.07, 6.45) is -4.43. The van der Waals surface area contributed by atoms with E-state index in [1.165, 1.54) is 20.2 Å². The minimum absolute atomic E-state index is 0.00479. The lowest BCUT2D eigenvalue weighted by Crippen LogP contribution is -2.42. The molecule has 158 valence electrons. The molecule has 1 aliphatic heterocycles. The molecule has 0 N–H and O–H groups in total. The van der Waals surface area contributed by atoms with E-state index in [9.17, 15) is 26.0 Å². The van der Waals surface area contributed by atoms with Crippen molar-refractivity contribution in [2.75, 3.05) is 13.7 Å². The minimum atomic E-state index is -4.66. The number of aromatic nitrogens is 1. The number of alkyl halides is 3. The summed E-state index contributed by atoms with van der Waals surface area (Å²) in [7, 11) is -2.83. The molecule has 0 spiro atoms. The van der Waals surface area contributed by atoms with Gasteiger partial charge in [-0.1, -0.05) is 6.07 Å². The number of pyridine rings is 1. The lowest BCUT2D eigenvalue weighted by atomic mass is 9.93. The first-order valence-electron chi connectivity index (χ1n) is 8.71. The summed E-state index contributed by atoms with van der Waals surface area (Å²) in [5.74, 6) is -0.607. The minimum Gasteiger partial charge on any atom is -0.481 e. The largest absolute Gasteiger partial charge is 0.481 e. The van der Waals surface area contributed by atoms with Crippen molar-refractivity contribution in [2.24, 2.45) is 0 Å². The molecule has 0 aliphatic carbocycles. The second-order valence-corrected chi connectivity index (χ2v) is 9.50. The highest BCUT2D eigenvalue weighted by molar-refractivity contribution is 7.92. The molecule has 0 amide bonds. The van der Waals surface area contributed by atoms with Crippen LogP contribution in [-0.4, -0.2) is 31.9 Å². The Kier molecular flexibility index (Phi) is 5.61. The Hall–Kier alpha value is -2.20. The summed E-state index contributed by atoms with van der Waals surface area (Å²) >= 11 is 0. The molecule has 5 nitrogen and oxygen atoms in total. The van der Waals surface area contributed by atoms with Crippen LogP contribution in [-0.2, 0) is 20.8 Å². The SMILES string of the molecule is COc1cc(F)c(C2CC(C)(S(=O)(=O)c3cccc(C(F)(F)F)c3)CCO2)cn1. The van der Waals surface area contributed by atoms with E-state index >= 15 is 0 Å². The van der Waals surface area contributed by atoms with Gasteiger partial charge in [-0.05, 0) is 38.0 Å². The van der Waals surface area contributed by atoms with E-state index < -0.39 is 43.1 Å². The Labute approximate surface area is 165 Å². The number of hydrogen-bond donors (Lipinski definition) is 0. The molecule has 0 saturated carbocycles. The quantitative estimate of drug-likeness (QED) is 0.672. The van der Waals surface area contributed by atoms with Gasteiger partial charge in [-0.3, -0.25) is 0 Å². The number of sulfone groups is 1. The van der Waals surface area contributed by atoms with Gasteiger partial charge in [0.2, 0.25) is 5.88 Å². The van der Waals surface area contributed by atoms with Crippen molar-refractivity contribution in [1.82, 2.24) is 4.98 Å². The van der Waals surface area contributed by atoms with E-state index in [1.54, 1.807) is 0 Å². The van der Waals surface area contributed by atoms with Crippen molar-refractivity contribution in [1.29, 1.82) is 0 Å². The highest BCUT2D eigenvalue weighted by atomic mass is 32.2. The molecule has 3 rings (SSSR count). The van der Waals surface area contributed by atoms with Crippen molar-refractivity contribution in [2.45, 2.75) is 41.7 Å². The molecule has 0 bridgehead atoms. The van der Waals surface area contributed by atoms with Crippen LogP contribution >= 0.6 is 0 Å². The zero-order valence-corrected chi connectivity index (χ0v) is 16.5. The summed E-state index contributed by atoms with van der Waals surface area (Å²) in [6, 6.07) is 4.69. The molecule has 2 heterocycles. The number of rotatable bonds is 4. The summed E-state index contributed by atoms with van der Waals surface area (Å²) in [5.41, 5.74) is -0.979. The van der Waals surface area contributed by atoms with Gasteiger partial charge in [-0.15, -0.1) is 0 Å². The van der Waals surface area contributed by atoms with Crippen molar-refractivity contribution in [3.05, 3.63) is 53.5 Å². The monoisotopic (exact) mass is 433 g/mol. The van der Waals surface area contributed by atoms with Crippen LogP contribution in [0.4, 0.5) is 17.6 Å². The van der Waals surface area contributed by atoms with E-state index in [4.69, 9.17) is 9.47 Å². The van der Waals surface area contributed by atoms with Gasteiger partial charge < -0.3 is 9.47 Å². The van der Waals surface area contributed by atoms with Crippen molar-refractivity contribution >= 4 is 9.84 Å². The second-order valence-electron chi connectivity index (χ2n) is 7.04. The van der Waals surface area contributed by atoms with E-state index in [1.807, 2.05) is 0 Å². The van der Waals surface area contributed by atoms with E-state index in [0.717, 1.165) is 24.3 Å². The predicted octanol–water partition coefficient (Wildman–Crippen LogP) is 4.33. The van der Waals surface area contributed by atoms with Crippen LogP contribution in [0.25, 0.3) is 0 Å². The fourth-order valence-corrected chi connectivity index (χ4v) is 5.14. The van der Waals surface area contributed by atoms with Gasteiger partial charge in [-0.2, -0.15) is 13.2 Å². The summed E-state index contributed by atoms with van der Waals surface area (Å²) in [4.78, 5) is 3.50. The maximum atomic E-state index is 14.4. The first kappa shape index (κ1) is 21.5. The molecule has 2 aromatic rings. The lowest BCUT2D eigenvalue weighted by Gasteiger charge is -2.37. The molecule has 2 atom stereocenters. The molecule has 1 fully saturated rings. The Bertz CT molecular complexity index is 1010. The number of hydrogen-bond acceptors (Lipinski definition) is 5. The second kappa shape index (κ2) is 7.56. The number of benzene rings is 1. The van der Waals surface area contributed by atoms with Crippen LogP contribution in [0.15, 0.2) is 41.4 Å². The van der Waals surface area contributed by atoms with Gasteiger partial charge >= 0.3 is 6.18 Å². The van der Waals surface area contributed by atoms with Gasteiger partial charge in [-0.25, -0.2) is 17.8 Å². The Balaban J connectivity index is 1.95. The zero-order chi connectivity index (χ0) is 21.4. The molecule has 10 heteroatoms. The third kappa shape index (κ3) is 4.09. The Morgan fingerprint density at radius 3 is 2.62 bits per heavy atom. The molecule has 1 aromatic heterocycles. The smallest absolute Gasteiger partial charge is 0.416 e. The molecule has 2 unspecified atom stereocenters. The Morgan fingerprint density at radius 2 is 2.00 bits per heavy atom. The summed E-state index contributed by atoms with van der Waals surface area (Å²) < 4.78 is 88.8. The van der Waals surface area contributed by atoms with Gasteiger partial charge in [0.1, 0.15) is 5.82 Å². The van der Waals surface area contributed by atoms with Crippen LogP contribution in [0.5, 0.6) is 5.88 Å². The molecule has 0 radical (unpaired) electrons. The average molecular weight is 433 g/mol. The molecular formula is C19H19F4NO4S. The molecule has 1 aromatic carbocycles. The fourth-order valence-electron chi connectivity index (χ4n) is 3.31. The highest BCUT2D eigenvalue weighted by Gasteiger charge is 2.46. The van der Waals surface area contributed by atoms with Gasteiger partial charge in [0.05, 0.1) is 28.4 Å². The average Bonchev–Trinajstić information content (AvgIpc) is 2.67. The Morgan fingerprint density at radius 1 is 1.28 bits per heavy atom. The van der Waals surface area contributed by atoms with Crippen LogP contribution in [0.3, 0.4) is 0 Å². The fraction of sp³-hybridized carbons (Fsp3) is 0.421. The first-order chi connectivity index (χ1) is 13.5. The topological polar surface area (TPSA) is 65.5 Å². The maximum Gasteiger partial charge on any atom is 0.416 e. The molecule has 1 aliphatic rings. The summed E-state index contributed by atoms with van der Waals surface area (Å²) in [5, 5.41) is 0. The maximum absolute atomic E-state index is 14.4.